The van der Waals surface area contributed by atoms with Crippen LogP contribution in [0.15, 0.2) is 10.7 Å². The van der Waals surface area contributed by atoms with Crippen molar-refractivity contribution in [3.63, 3.8) is 0 Å². The second-order valence-corrected chi connectivity index (χ2v) is 5.30. The molecule has 90 valence electrons. The SMILES string of the molecule is CC(F)[C@H](C)Oc1nn(CC2CC2)cc1Br. The van der Waals surface area contributed by atoms with Crippen LogP contribution in [0.25, 0.3) is 0 Å². The van der Waals surface area contributed by atoms with Gasteiger partial charge in [-0.05, 0) is 48.5 Å². The van der Waals surface area contributed by atoms with E-state index in [-0.39, 0.29) is 0 Å². The van der Waals surface area contributed by atoms with E-state index in [2.05, 4.69) is 21.0 Å². The molecule has 2 atom stereocenters. The largest absolute Gasteiger partial charge is 0.470 e. The molecule has 0 bridgehead atoms. The minimum absolute atomic E-state index is 0.472. The molecule has 1 aromatic rings. The minimum Gasteiger partial charge on any atom is -0.470 e. The Kier molecular flexibility index (Phi) is 3.52. The molecule has 2 rings (SSSR count). The highest BCUT2D eigenvalue weighted by molar-refractivity contribution is 9.10. The lowest BCUT2D eigenvalue weighted by molar-refractivity contribution is 0.119. The molecule has 0 amide bonds. The molecule has 1 fully saturated rings. The number of nitrogens with zero attached hydrogens (tertiary/aromatic N) is 2. The smallest absolute Gasteiger partial charge is 0.247 e. The van der Waals surface area contributed by atoms with E-state index in [1.165, 1.54) is 19.8 Å². The van der Waals surface area contributed by atoms with Gasteiger partial charge < -0.3 is 4.74 Å². The molecule has 1 heterocycles. The topological polar surface area (TPSA) is 27.1 Å². The summed E-state index contributed by atoms with van der Waals surface area (Å²) in [4.78, 5) is 0. The third kappa shape index (κ3) is 2.97. The zero-order chi connectivity index (χ0) is 11.7. The van der Waals surface area contributed by atoms with Crippen molar-refractivity contribution in [3.8, 4) is 5.88 Å². The van der Waals surface area contributed by atoms with Gasteiger partial charge >= 0.3 is 0 Å². The first-order valence-corrected chi connectivity index (χ1v) is 6.39. The van der Waals surface area contributed by atoms with Gasteiger partial charge in [-0.1, -0.05) is 0 Å². The second kappa shape index (κ2) is 4.73. The van der Waals surface area contributed by atoms with Crippen LogP contribution in [0.2, 0.25) is 0 Å². The zero-order valence-corrected chi connectivity index (χ0v) is 11.1. The monoisotopic (exact) mass is 290 g/mol. The quantitative estimate of drug-likeness (QED) is 0.833. The van der Waals surface area contributed by atoms with Crippen molar-refractivity contribution >= 4 is 15.9 Å². The summed E-state index contributed by atoms with van der Waals surface area (Å²) in [5.41, 5.74) is 0. The molecule has 0 spiro atoms. The first-order chi connectivity index (χ1) is 7.56. The van der Waals surface area contributed by atoms with Gasteiger partial charge in [0.2, 0.25) is 5.88 Å². The fourth-order valence-corrected chi connectivity index (χ4v) is 1.80. The lowest BCUT2D eigenvalue weighted by Gasteiger charge is -2.13. The molecule has 0 aliphatic heterocycles. The summed E-state index contributed by atoms with van der Waals surface area (Å²) < 4.78 is 21.1. The van der Waals surface area contributed by atoms with Crippen molar-refractivity contribution in [2.45, 2.75) is 45.5 Å². The first kappa shape index (κ1) is 11.9. The number of alkyl halides is 1. The molecule has 1 aliphatic carbocycles. The molecule has 1 saturated carbocycles. The van der Waals surface area contributed by atoms with E-state index in [0.717, 1.165) is 16.9 Å². The van der Waals surface area contributed by atoms with E-state index in [1.807, 2.05) is 10.9 Å². The molecule has 1 unspecified atom stereocenters. The zero-order valence-electron chi connectivity index (χ0n) is 9.49. The van der Waals surface area contributed by atoms with Gasteiger partial charge in [0, 0.05) is 12.7 Å². The Labute approximate surface area is 103 Å². The van der Waals surface area contributed by atoms with Gasteiger partial charge in [0.25, 0.3) is 0 Å². The maximum atomic E-state index is 13.0. The molecule has 1 aliphatic rings. The Morgan fingerprint density at radius 1 is 1.62 bits per heavy atom. The predicted octanol–water partition coefficient (Wildman–Crippen LogP) is 3.18. The fraction of sp³-hybridized carbons (Fsp3) is 0.727. The van der Waals surface area contributed by atoms with Gasteiger partial charge in [0.05, 0.1) is 4.47 Å². The van der Waals surface area contributed by atoms with E-state index in [0.29, 0.717) is 5.88 Å². The maximum absolute atomic E-state index is 13.0. The average Bonchev–Trinajstić information content (AvgIpc) is 2.93. The summed E-state index contributed by atoms with van der Waals surface area (Å²) in [6, 6.07) is 0. The average molecular weight is 291 g/mol. The normalized spacial score (nSPS) is 19.5. The van der Waals surface area contributed by atoms with E-state index in [9.17, 15) is 4.39 Å². The predicted molar refractivity (Wildman–Crippen MR) is 63.3 cm³/mol. The highest BCUT2D eigenvalue weighted by atomic mass is 79.9. The van der Waals surface area contributed by atoms with Gasteiger partial charge in [0.1, 0.15) is 12.3 Å². The van der Waals surface area contributed by atoms with Crippen LogP contribution in [-0.4, -0.2) is 22.1 Å². The van der Waals surface area contributed by atoms with Gasteiger partial charge in [-0.2, -0.15) is 0 Å². The number of rotatable bonds is 5. The number of aromatic nitrogens is 2. The molecule has 5 heteroatoms. The Morgan fingerprint density at radius 3 is 2.88 bits per heavy atom. The molecular weight excluding hydrogens is 275 g/mol. The summed E-state index contributed by atoms with van der Waals surface area (Å²) in [6.45, 7) is 4.12. The van der Waals surface area contributed by atoms with Gasteiger partial charge in [0.15, 0.2) is 0 Å². The van der Waals surface area contributed by atoms with E-state index >= 15 is 0 Å². The van der Waals surface area contributed by atoms with Crippen molar-refractivity contribution < 1.29 is 9.13 Å². The molecular formula is C11H16BrFN2O. The Balaban J connectivity index is 1.99. The second-order valence-electron chi connectivity index (χ2n) is 4.45. The third-order valence-corrected chi connectivity index (χ3v) is 3.32. The van der Waals surface area contributed by atoms with E-state index in [1.54, 1.807) is 6.92 Å². The summed E-state index contributed by atoms with van der Waals surface area (Å²) in [6.07, 6.45) is 2.99. The lowest BCUT2D eigenvalue weighted by atomic mass is 10.3. The lowest BCUT2D eigenvalue weighted by Crippen LogP contribution is -2.22. The summed E-state index contributed by atoms with van der Waals surface area (Å²) in [7, 11) is 0. The van der Waals surface area contributed by atoms with Crippen LogP contribution >= 0.6 is 15.9 Å². The standard InChI is InChI=1S/C11H16BrFN2O/c1-7(13)8(2)16-11-10(12)6-15(14-11)5-9-3-4-9/h6-9H,3-5H2,1-2H3/t7?,8-/m0/s1. The molecule has 0 aromatic carbocycles. The summed E-state index contributed by atoms with van der Waals surface area (Å²) in [5, 5.41) is 4.29. The third-order valence-electron chi connectivity index (χ3n) is 2.77. The maximum Gasteiger partial charge on any atom is 0.247 e. The van der Waals surface area contributed by atoms with Crippen LogP contribution in [0.3, 0.4) is 0 Å². The van der Waals surface area contributed by atoms with Crippen LogP contribution in [0.5, 0.6) is 5.88 Å². The Morgan fingerprint density at radius 2 is 2.31 bits per heavy atom. The van der Waals surface area contributed by atoms with Crippen LogP contribution in [0, 0.1) is 5.92 Å². The highest BCUT2D eigenvalue weighted by Gasteiger charge is 2.23. The number of hydrogen-bond acceptors (Lipinski definition) is 2. The van der Waals surface area contributed by atoms with Gasteiger partial charge in [-0.3, -0.25) is 4.68 Å². The fourth-order valence-electron chi connectivity index (χ4n) is 1.39. The van der Waals surface area contributed by atoms with Crippen molar-refractivity contribution in [1.82, 2.24) is 9.78 Å². The van der Waals surface area contributed by atoms with Crippen LogP contribution in [0.1, 0.15) is 26.7 Å². The van der Waals surface area contributed by atoms with Crippen LogP contribution in [0.4, 0.5) is 4.39 Å². The van der Waals surface area contributed by atoms with Gasteiger partial charge in [-0.15, -0.1) is 5.10 Å². The molecule has 0 radical (unpaired) electrons. The molecule has 16 heavy (non-hydrogen) atoms. The Bertz CT molecular complexity index is 363. The van der Waals surface area contributed by atoms with E-state index in [4.69, 9.17) is 4.74 Å². The minimum atomic E-state index is -1.000. The van der Waals surface area contributed by atoms with Crippen molar-refractivity contribution in [1.29, 1.82) is 0 Å². The van der Waals surface area contributed by atoms with Crippen LogP contribution < -0.4 is 4.74 Å². The van der Waals surface area contributed by atoms with Crippen LogP contribution in [-0.2, 0) is 6.54 Å². The Hall–Kier alpha value is -0.580. The van der Waals surface area contributed by atoms with E-state index < -0.39 is 12.3 Å². The van der Waals surface area contributed by atoms with Crippen molar-refractivity contribution in [2.24, 2.45) is 5.92 Å². The summed E-state index contributed by atoms with van der Waals surface area (Å²) >= 11 is 3.37. The molecule has 3 nitrogen and oxygen atoms in total. The highest BCUT2D eigenvalue weighted by Crippen LogP contribution is 2.32. The number of ether oxygens (including phenoxy) is 1. The number of halogens is 2. The van der Waals surface area contributed by atoms with Gasteiger partial charge in [-0.25, -0.2) is 4.39 Å². The number of hydrogen-bond donors (Lipinski definition) is 0. The molecule has 0 saturated heterocycles. The first-order valence-electron chi connectivity index (χ1n) is 5.60. The molecule has 1 aromatic heterocycles. The van der Waals surface area contributed by atoms with Crippen molar-refractivity contribution in [2.75, 3.05) is 0 Å². The summed E-state index contributed by atoms with van der Waals surface area (Å²) in [5.74, 6) is 1.25. The molecule has 0 N–H and O–H groups in total. The van der Waals surface area contributed by atoms with Crippen molar-refractivity contribution in [3.05, 3.63) is 10.7 Å².